The fourth-order valence-electron chi connectivity index (χ4n) is 2.51. The first-order valence-corrected chi connectivity index (χ1v) is 6.41. The second-order valence-corrected chi connectivity index (χ2v) is 4.86. The molecule has 2 aromatic rings. The molecule has 0 fully saturated rings. The molecule has 0 saturated carbocycles. The van der Waals surface area contributed by atoms with Gasteiger partial charge in [-0.25, -0.2) is 4.39 Å². The number of hydrogen-bond donors (Lipinski definition) is 1. The van der Waals surface area contributed by atoms with Crippen LogP contribution in [0.5, 0.6) is 0 Å². The molecule has 1 unspecified atom stereocenters. The minimum atomic E-state index is -0.617. The number of benzene rings is 1. The molecule has 1 aromatic carbocycles. The molecule has 0 saturated heterocycles. The lowest BCUT2D eigenvalue weighted by molar-refractivity contribution is 0.0979. The minimum Gasteiger partial charge on any atom is -0.326 e. The van der Waals surface area contributed by atoms with Gasteiger partial charge >= 0.3 is 0 Å². The highest BCUT2D eigenvalue weighted by Gasteiger charge is 2.28. The Morgan fingerprint density at radius 1 is 1.35 bits per heavy atom. The molecule has 102 valence electrons. The Hall–Kier alpha value is -2.27. The molecule has 2 heterocycles. The van der Waals surface area contributed by atoms with Gasteiger partial charge in [0.25, 0.3) is 5.91 Å². The number of nitrogens with two attached hydrogens (primary N) is 1. The highest BCUT2D eigenvalue weighted by atomic mass is 19.1. The maximum Gasteiger partial charge on any atom is 0.261 e. The summed E-state index contributed by atoms with van der Waals surface area (Å²) in [4.78, 5) is 17.7. The third-order valence-electron chi connectivity index (χ3n) is 3.43. The van der Waals surface area contributed by atoms with Crippen molar-refractivity contribution in [2.24, 2.45) is 5.73 Å². The van der Waals surface area contributed by atoms with Crippen LogP contribution in [-0.4, -0.2) is 23.5 Å². The molecule has 20 heavy (non-hydrogen) atoms. The summed E-state index contributed by atoms with van der Waals surface area (Å²) in [5.41, 5.74) is 7.82. The summed E-state index contributed by atoms with van der Waals surface area (Å²) in [5.74, 6) is -0.998. The molecule has 1 aliphatic heterocycles. The SMILES string of the molecule is NC1Cc2ccccc2N(C(=O)c2ccncc2F)C1. The van der Waals surface area contributed by atoms with Crippen LogP contribution < -0.4 is 10.6 Å². The normalized spacial score (nSPS) is 17.7. The third kappa shape index (κ3) is 2.16. The summed E-state index contributed by atoms with van der Waals surface area (Å²) < 4.78 is 13.7. The van der Waals surface area contributed by atoms with E-state index < -0.39 is 5.82 Å². The van der Waals surface area contributed by atoms with E-state index in [0.29, 0.717) is 6.54 Å². The molecule has 1 aliphatic rings. The van der Waals surface area contributed by atoms with Crippen molar-refractivity contribution in [2.75, 3.05) is 11.4 Å². The predicted molar refractivity (Wildman–Crippen MR) is 74.0 cm³/mol. The molecule has 4 nitrogen and oxygen atoms in total. The summed E-state index contributed by atoms with van der Waals surface area (Å²) >= 11 is 0. The summed E-state index contributed by atoms with van der Waals surface area (Å²) in [6.45, 7) is 0.387. The molecular formula is C15H14FN3O. The Morgan fingerprint density at radius 2 is 2.15 bits per heavy atom. The second kappa shape index (κ2) is 5.02. The van der Waals surface area contributed by atoms with E-state index in [1.54, 1.807) is 4.90 Å². The number of anilines is 1. The zero-order valence-electron chi connectivity index (χ0n) is 10.8. The van der Waals surface area contributed by atoms with Crippen LogP contribution >= 0.6 is 0 Å². The summed E-state index contributed by atoms with van der Waals surface area (Å²) in [7, 11) is 0. The van der Waals surface area contributed by atoms with Crippen LogP contribution in [0.1, 0.15) is 15.9 Å². The zero-order valence-corrected chi connectivity index (χ0v) is 10.8. The van der Waals surface area contributed by atoms with Gasteiger partial charge in [-0.15, -0.1) is 0 Å². The molecule has 0 spiro atoms. The summed E-state index contributed by atoms with van der Waals surface area (Å²) in [6, 6.07) is 8.82. The number of para-hydroxylation sites is 1. The van der Waals surface area contributed by atoms with E-state index in [0.717, 1.165) is 23.9 Å². The van der Waals surface area contributed by atoms with Crippen LogP contribution in [0, 0.1) is 5.82 Å². The van der Waals surface area contributed by atoms with Crippen LogP contribution in [0.15, 0.2) is 42.7 Å². The van der Waals surface area contributed by atoms with Crippen molar-refractivity contribution >= 4 is 11.6 Å². The Labute approximate surface area is 116 Å². The molecule has 1 amide bonds. The van der Waals surface area contributed by atoms with E-state index in [2.05, 4.69) is 4.98 Å². The molecule has 5 heteroatoms. The van der Waals surface area contributed by atoms with Gasteiger partial charge in [-0.1, -0.05) is 18.2 Å². The summed E-state index contributed by atoms with van der Waals surface area (Å²) in [6.07, 6.45) is 3.17. The lowest BCUT2D eigenvalue weighted by Gasteiger charge is -2.33. The molecule has 3 rings (SSSR count). The Kier molecular flexibility index (Phi) is 3.20. The van der Waals surface area contributed by atoms with Crippen LogP contribution in [0.25, 0.3) is 0 Å². The molecule has 0 radical (unpaired) electrons. The van der Waals surface area contributed by atoms with Crippen LogP contribution in [-0.2, 0) is 6.42 Å². The average Bonchev–Trinajstić information content (AvgIpc) is 2.46. The van der Waals surface area contributed by atoms with E-state index in [1.807, 2.05) is 24.3 Å². The maximum atomic E-state index is 13.7. The number of rotatable bonds is 1. The van der Waals surface area contributed by atoms with Gasteiger partial charge in [0.05, 0.1) is 11.8 Å². The fraction of sp³-hybridized carbons (Fsp3) is 0.200. The van der Waals surface area contributed by atoms with E-state index in [-0.39, 0.29) is 17.5 Å². The van der Waals surface area contributed by atoms with Gasteiger partial charge in [0.1, 0.15) is 0 Å². The number of fused-ring (bicyclic) bond motifs is 1. The smallest absolute Gasteiger partial charge is 0.261 e. The highest BCUT2D eigenvalue weighted by Crippen LogP contribution is 2.28. The van der Waals surface area contributed by atoms with Crippen LogP contribution in [0.2, 0.25) is 0 Å². The number of carbonyl (C=O) groups is 1. The molecule has 1 atom stereocenters. The summed E-state index contributed by atoms with van der Waals surface area (Å²) in [5, 5.41) is 0. The molecule has 0 bridgehead atoms. The van der Waals surface area contributed by atoms with Crippen molar-refractivity contribution in [2.45, 2.75) is 12.5 Å². The first kappa shape index (κ1) is 12.7. The lowest BCUT2D eigenvalue weighted by atomic mass is 9.98. The van der Waals surface area contributed by atoms with E-state index >= 15 is 0 Å². The number of pyridine rings is 1. The van der Waals surface area contributed by atoms with E-state index in [1.165, 1.54) is 12.3 Å². The average molecular weight is 271 g/mol. The first-order chi connectivity index (χ1) is 9.66. The number of carbonyl (C=O) groups excluding carboxylic acids is 1. The predicted octanol–water partition coefficient (Wildman–Crippen LogP) is 1.75. The number of aromatic nitrogens is 1. The van der Waals surface area contributed by atoms with Gasteiger partial charge in [-0.2, -0.15) is 0 Å². The van der Waals surface area contributed by atoms with Gasteiger partial charge < -0.3 is 10.6 Å². The third-order valence-corrected chi connectivity index (χ3v) is 3.43. The van der Waals surface area contributed by atoms with Crippen molar-refractivity contribution in [1.29, 1.82) is 0 Å². The van der Waals surface area contributed by atoms with Crippen molar-refractivity contribution in [3.63, 3.8) is 0 Å². The van der Waals surface area contributed by atoms with Gasteiger partial charge in [0.15, 0.2) is 5.82 Å². The standard InChI is InChI=1S/C15H14FN3O/c16-13-8-18-6-5-12(13)15(20)19-9-11(17)7-10-3-1-2-4-14(10)19/h1-6,8,11H,7,9,17H2. The van der Waals surface area contributed by atoms with Crippen LogP contribution in [0.4, 0.5) is 10.1 Å². The maximum absolute atomic E-state index is 13.7. The van der Waals surface area contributed by atoms with Crippen molar-refractivity contribution < 1.29 is 9.18 Å². The number of amides is 1. The lowest BCUT2D eigenvalue weighted by Crippen LogP contribution is -2.46. The number of halogens is 1. The van der Waals surface area contributed by atoms with Crippen molar-refractivity contribution in [1.82, 2.24) is 4.98 Å². The van der Waals surface area contributed by atoms with Gasteiger partial charge in [0, 0.05) is 24.5 Å². The van der Waals surface area contributed by atoms with Gasteiger partial charge in [0.2, 0.25) is 0 Å². The molecule has 0 aliphatic carbocycles. The Bertz CT molecular complexity index is 659. The van der Waals surface area contributed by atoms with Crippen molar-refractivity contribution in [3.8, 4) is 0 Å². The number of hydrogen-bond acceptors (Lipinski definition) is 3. The van der Waals surface area contributed by atoms with Crippen LogP contribution in [0.3, 0.4) is 0 Å². The Balaban J connectivity index is 2.02. The topological polar surface area (TPSA) is 59.2 Å². The zero-order chi connectivity index (χ0) is 14.1. The van der Waals surface area contributed by atoms with Gasteiger partial charge in [-0.05, 0) is 24.1 Å². The second-order valence-electron chi connectivity index (χ2n) is 4.86. The largest absolute Gasteiger partial charge is 0.326 e. The molecule has 2 N–H and O–H groups in total. The van der Waals surface area contributed by atoms with E-state index in [9.17, 15) is 9.18 Å². The van der Waals surface area contributed by atoms with E-state index in [4.69, 9.17) is 5.73 Å². The van der Waals surface area contributed by atoms with Crippen molar-refractivity contribution in [3.05, 3.63) is 59.7 Å². The molecular weight excluding hydrogens is 257 g/mol. The monoisotopic (exact) mass is 271 g/mol. The first-order valence-electron chi connectivity index (χ1n) is 6.41. The Morgan fingerprint density at radius 3 is 2.95 bits per heavy atom. The fourth-order valence-corrected chi connectivity index (χ4v) is 2.51. The minimum absolute atomic E-state index is 0.0175. The highest BCUT2D eigenvalue weighted by molar-refractivity contribution is 6.06. The number of nitrogens with zero attached hydrogens (tertiary/aromatic N) is 2. The van der Waals surface area contributed by atoms with Gasteiger partial charge in [-0.3, -0.25) is 9.78 Å². The quantitative estimate of drug-likeness (QED) is 0.859. The molecule has 1 aromatic heterocycles.